The van der Waals surface area contributed by atoms with Gasteiger partial charge in [-0.1, -0.05) is 6.92 Å². The van der Waals surface area contributed by atoms with Crippen LogP contribution in [0.1, 0.15) is 39.0 Å². The van der Waals surface area contributed by atoms with Crippen LogP contribution in [0.3, 0.4) is 0 Å². The van der Waals surface area contributed by atoms with Crippen molar-refractivity contribution in [2.45, 2.75) is 51.2 Å². The highest BCUT2D eigenvalue weighted by Crippen LogP contribution is 2.25. The second-order valence-corrected chi connectivity index (χ2v) is 4.63. The zero-order valence-electron chi connectivity index (χ0n) is 8.79. The fourth-order valence-corrected chi connectivity index (χ4v) is 2.42. The Morgan fingerprint density at radius 2 is 2.21 bits per heavy atom. The van der Waals surface area contributed by atoms with E-state index in [4.69, 9.17) is 4.74 Å². The third-order valence-corrected chi connectivity index (χ3v) is 3.26. The molecule has 3 heteroatoms. The van der Waals surface area contributed by atoms with E-state index in [1.54, 1.807) is 0 Å². The molecule has 3 atom stereocenters. The summed E-state index contributed by atoms with van der Waals surface area (Å²) in [5.74, 6) is 0.881. The molecule has 3 nitrogen and oxygen atoms in total. The summed E-state index contributed by atoms with van der Waals surface area (Å²) in [7, 11) is 0. The number of ether oxygens (including phenoxy) is 1. The molecule has 14 heavy (non-hydrogen) atoms. The van der Waals surface area contributed by atoms with Crippen molar-refractivity contribution in [2.24, 2.45) is 5.92 Å². The van der Waals surface area contributed by atoms with Crippen LogP contribution in [0.5, 0.6) is 0 Å². The summed E-state index contributed by atoms with van der Waals surface area (Å²) in [6.45, 7) is 3.00. The standard InChI is InChI=1S/C11H19NO2/c1-8-4-5-9(7-8)12-11(13)10-3-2-6-14-10/h8-10H,2-7H2,1H3,(H,12,13)/t8?,9?,10-/m1/s1. The van der Waals surface area contributed by atoms with Crippen LogP contribution in [0.25, 0.3) is 0 Å². The van der Waals surface area contributed by atoms with Crippen LogP contribution in [-0.4, -0.2) is 24.7 Å². The maximum Gasteiger partial charge on any atom is 0.249 e. The van der Waals surface area contributed by atoms with Crippen LogP contribution in [0, 0.1) is 5.92 Å². The fraction of sp³-hybridized carbons (Fsp3) is 0.909. The summed E-state index contributed by atoms with van der Waals surface area (Å²) in [4.78, 5) is 11.7. The Labute approximate surface area is 85.2 Å². The van der Waals surface area contributed by atoms with Crippen molar-refractivity contribution in [3.05, 3.63) is 0 Å². The van der Waals surface area contributed by atoms with Gasteiger partial charge in [-0.25, -0.2) is 0 Å². The van der Waals surface area contributed by atoms with Crippen LogP contribution < -0.4 is 5.32 Å². The van der Waals surface area contributed by atoms with Gasteiger partial charge in [0, 0.05) is 12.6 Å². The third-order valence-electron chi connectivity index (χ3n) is 3.26. The minimum Gasteiger partial charge on any atom is -0.368 e. The molecule has 1 saturated heterocycles. The normalized spacial score (nSPS) is 37.4. The van der Waals surface area contributed by atoms with E-state index >= 15 is 0 Å². The molecule has 1 N–H and O–H groups in total. The fourth-order valence-electron chi connectivity index (χ4n) is 2.42. The quantitative estimate of drug-likeness (QED) is 0.728. The SMILES string of the molecule is CC1CCC(NC(=O)[C@H]2CCCO2)C1. The molecule has 1 saturated carbocycles. The maximum absolute atomic E-state index is 11.7. The van der Waals surface area contributed by atoms with Gasteiger partial charge in [0.1, 0.15) is 6.10 Å². The number of hydrogen-bond donors (Lipinski definition) is 1. The topological polar surface area (TPSA) is 38.3 Å². The van der Waals surface area contributed by atoms with Gasteiger partial charge in [0.15, 0.2) is 0 Å². The van der Waals surface area contributed by atoms with E-state index < -0.39 is 0 Å². The third kappa shape index (κ3) is 2.27. The Balaban J connectivity index is 1.76. The average molecular weight is 197 g/mol. The highest BCUT2D eigenvalue weighted by atomic mass is 16.5. The predicted octanol–water partition coefficient (Wildman–Crippen LogP) is 1.47. The van der Waals surface area contributed by atoms with Crippen LogP contribution in [0.15, 0.2) is 0 Å². The Hall–Kier alpha value is -0.570. The van der Waals surface area contributed by atoms with Crippen molar-refractivity contribution in [3.63, 3.8) is 0 Å². The molecule has 1 amide bonds. The lowest BCUT2D eigenvalue weighted by molar-refractivity contribution is -0.130. The Morgan fingerprint density at radius 3 is 2.79 bits per heavy atom. The zero-order chi connectivity index (χ0) is 9.97. The summed E-state index contributed by atoms with van der Waals surface area (Å²) < 4.78 is 5.34. The molecule has 0 bridgehead atoms. The molecule has 1 heterocycles. The molecule has 1 aliphatic carbocycles. The van der Waals surface area contributed by atoms with Gasteiger partial charge >= 0.3 is 0 Å². The van der Waals surface area contributed by atoms with Gasteiger partial charge in [-0.05, 0) is 38.0 Å². The minimum absolute atomic E-state index is 0.113. The number of nitrogens with one attached hydrogen (secondary N) is 1. The lowest BCUT2D eigenvalue weighted by atomic mass is 10.1. The van der Waals surface area contributed by atoms with Gasteiger partial charge in [0.25, 0.3) is 0 Å². The van der Waals surface area contributed by atoms with E-state index in [-0.39, 0.29) is 12.0 Å². The molecule has 2 rings (SSSR count). The molecule has 0 radical (unpaired) electrons. The second kappa shape index (κ2) is 4.30. The van der Waals surface area contributed by atoms with Crippen molar-refractivity contribution in [1.82, 2.24) is 5.32 Å². The van der Waals surface area contributed by atoms with Crippen molar-refractivity contribution < 1.29 is 9.53 Å². The molecule has 0 spiro atoms. The summed E-state index contributed by atoms with van der Waals surface area (Å²) in [6, 6.07) is 0.404. The molecular formula is C11H19NO2. The van der Waals surface area contributed by atoms with E-state index in [1.165, 1.54) is 6.42 Å². The minimum atomic E-state index is -0.161. The first-order valence-electron chi connectivity index (χ1n) is 5.67. The van der Waals surface area contributed by atoms with Crippen molar-refractivity contribution in [1.29, 1.82) is 0 Å². The number of amides is 1. The molecule has 2 unspecified atom stereocenters. The molecular weight excluding hydrogens is 178 g/mol. The number of rotatable bonds is 2. The Bertz CT molecular complexity index is 211. The molecule has 80 valence electrons. The number of carbonyl (C=O) groups is 1. The molecule has 0 aromatic carbocycles. The zero-order valence-corrected chi connectivity index (χ0v) is 8.79. The average Bonchev–Trinajstić information content (AvgIpc) is 2.75. The van der Waals surface area contributed by atoms with E-state index in [2.05, 4.69) is 12.2 Å². The first-order chi connectivity index (χ1) is 6.75. The van der Waals surface area contributed by atoms with Crippen molar-refractivity contribution in [2.75, 3.05) is 6.61 Å². The number of carbonyl (C=O) groups excluding carboxylic acids is 1. The number of hydrogen-bond acceptors (Lipinski definition) is 2. The summed E-state index contributed by atoms with van der Waals surface area (Å²) in [5, 5.41) is 3.09. The molecule has 2 aliphatic rings. The molecule has 0 aromatic heterocycles. The summed E-state index contributed by atoms with van der Waals surface area (Å²) in [5.41, 5.74) is 0. The maximum atomic E-state index is 11.7. The largest absolute Gasteiger partial charge is 0.368 e. The lowest BCUT2D eigenvalue weighted by Crippen LogP contribution is -2.40. The molecule has 1 aliphatic heterocycles. The first kappa shape index (κ1) is 9.97. The van der Waals surface area contributed by atoms with Gasteiger partial charge in [0.2, 0.25) is 5.91 Å². The van der Waals surface area contributed by atoms with Crippen molar-refractivity contribution >= 4 is 5.91 Å². The van der Waals surface area contributed by atoms with E-state index in [1.807, 2.05) is 0 Å². The predicted molar refractivity (Wildman–Crippen MR) is 53.9 cm³/mol. The van der Waals surface area contributed by atoms with Gasteiger partial charge < -0.3 is 10.1 Å². The smallest absolute Gasteiger partial charge is 0.249 e. The monoisotopic (exact) mass is 197 g/mol. The second-order valence-electron chi connectivity index (χ2n) is 4.63. The summed E-state index contributed by atoms with van der Waals surface area (Å²) >= 11 is 0. The van der Waals surface area contributed by atoms with Gasteiger partial charge in [-0.2, -0.15) is 0 Å². The van der Waals surface area contributed by atoms with Crippen LogP contribution >= 0.6 is 0 Å². The van der Waals surface area contributed by atoms with Crippen LogP contribution in [-0.2, 0) is 9.53 Å². The highest BCUT2D eigenvalue weighted by Gasteiger charge is 2.28. The first-order valence-corrected chi connectivity index (χ1v) is 5.67. The van der Waals surface area contributed by atoms with E-state index in [9.17, 15) is 4.79 Å². The van der Waals surface area contributed by atoms with Crippen LogP contribution in [0.2, 0.25) is 0 Å². The van der Waals surface area contributed by atoms with Gasteiger partial charge in [0.05, 0.1) is 0 Å². The van der Waals surface area contributed by atoms with E-state index in [0.29, 0.717) is 6.04 Å². The van der Waals surface area contributed by atoms with Crippen molar-refractivity contribution in [3.8, 4) is 0 Å². The van der Waals surface area contributed by atoms with Gasteiger partial charge in [-0.3, -0.25) is 4.79 Å². The van der Waals surface area contributed by atoms with E-state index in [0.717, 1.165) is 38.2 Å². The lowest BCUT2D eigenvalue weighted by Gasteiger charge is -2.15. The van der Waals surface area contributed by atoms with Crippen LogP contribution in [0.4, 0.5) is 0 Å². The molecule has 0 aromatic rings. The Morgan fingerprint density at radius 1 is 1.36 bits per heavy atom. The van der Waals surface area contributed by atoms with Gasteiger partial charge in [-0.15, -0.1) is 0 Å². The summed E-state index contributed by atoms with van der Waals surface area (Å²) in [6.07, 6.45) is 5.29. The highest BCUT2D eigenvalue weighted by molar-refractivity contribution is 5.81. The molecule has 2 fully saturated rings. The Kier molecular flexibility index (Phi) is 3.06.